The molecule has 7 heteroatoms. The van der Waals surface area contributed by atoms with Crippen molar-refractivity contribution >= 4 is 29.5 Å². The second-order valence-electron chi connectivity index (χ2n) is 4.82. The molecular formula is C14H14Cl2N2O3. The lowest BCUT2D eigenvalue weighted by Gasteiger charge is -2.12. The molecule has 0 N–H and O–H groups in total. The number of hydrogen-bond acceptors (Lipinski definition) is 3. The summed E-state index contributed by atoms with van der Waals surface area (Å²) in [5, 5.41) is 0.805. The average Bonchev–Trinajstić information content (AvgIpc) is 2.59. The molecule has 0 fully saturated rings. The van der Waals surface area contributed by atoms with Gasteiger partial charge in [-0.1, -0.05) is 23.2 Å². The van der Waals surface area contributed by atoms with Crippen molar-refractivity contribution in [1.82, 2.24) is 9.13 Å². The molecule has 1 heterocycles. The molecule has 2 rings (SSSR count). The minimum absolute atomic E-state index is 0.157. The zero-order chi connectivity index (χ0) is 15.7. The highest BCUT2D eigenvalue weighted by atomic mass is 35.5. The van der Waals surface area contributed by atoms with Crippen LogP contribution in [0.25, 0.3) is 0 Å². The fourth-order valence-electron chi connectivity index (χ4n) is 2.00. The summed E-state index contributed by atoms with van der Waals surface area (Å²) in [4.78, 5) is 23.4. The van der Waals surface area contributed by atoms with Crippen LogP contribution in [0.2, 0.25) is 10.0 Å². The molecular weight excluding hydrogens is 315 g/mol. The molecule has 0 unspecified atom stereocenters. The Balaban J connectivity index is 2.60. The van der Waals surface area contributed by atoms with Gasteiger partial charge in [-0.05, 0) is 32.0 Å². The molecule has 0 aliphatic heterocycles. The summed E-state index contributed by atoms with van der Waals surface area (Å²) in [6.45, 7) is 3.65. The lowest BCUT2D eigenvalue weighted by atomic mass is 10.3. The summed E-state index contributed by atoms with van der Waals surface area (Å²) in [5.41, 5.74) is -0.167. The molecule has 0 saturated heterocycles. The third-order valence-electron chi connectivity index (χ3n) is 2.97. The van der Waals surface area contributed by atoms with Crippen molar-refractivity contribution < 1.29 is 9.53 Å². The summed E-state index contributed by atoms with van der Waals surface area (Å²) in [5.74, 6) is 0.529. The van der Waals surface area contributed by atoms with E-state index >= 15 is 0 Å². The van der Waals surface area contributed by atoms with Gasteiger partial charge in [-0.3, -0.25) is 13.9 Å². The monoisotopic (exact) mass is 328 g/mol. The predicted molar refractivity (Wildman–Crippen MR) is 82.0 cm³/mol. The summed E-state index contributed by atoms with van der Waals surface area (Å²) in [6, 6.07) is 4.52. The van der Waals surface area contributed by atoms with Gasteiger partial charge in [0.15, 0.2) is 6.29 Å². The quantitative estimate of drug-likeness (QED) is 0.804. The van der Waals surface area contributed by atoms with Gasteiger partial charge in [-0.15, -0.1) is 0 Å². The van der Waals surface area contributed by atoms with Crippen LogP contribution in [-0.4, -0.2) is 15.4 Å². The van der Waals surface area contributed by atoms with Gasteiger partial charge in [0, 0.05) is 23.1 Å². The van der Waals surface area contributed by atoms with E-state index in [-0.39, 0.29) is 23.3 Å². The Kier molecular flexibility index (Phi) is 4.44. The molecule has 0 aliphatic rings. The van der Waals surface area contributed by atoms with Gasteiger partial charge < -0.3 is 4.74 Å². The Labute approximate surface area is 131 Å². The second-order valence-corrected chi connectivity index (χ2v) is 5.69. The molecule has 1 aromatic heterocycles. The number of nitrogens with zero attached hydrogens (tertiary/aromatic N) is 2. The maximum atomic E-state index is 12.2. The van der Waals surface area contributed by atoms with E-state index in [1.165, 1.54) is 16.2 Å². The fourth-order valence-corrected chi connectivity index (χ4v) is 2.51. The number of ether oxygens (including phenoxy) is 1. The highest BCUT2D eigenvalue weighted by Gasteiger charge is 2.21. The minimum Gasteiger partial charge on any atom is -0.438 e. The van der Waals surface area contributed by atoms with E-state index in [1.807, 2.05) is 13.8 Å². The number of imidazole rings is 1. The van der Waals surface area contributed by atoms with E-state index in [1.54, 1.807) is 18.2 Å². The number of benzene rings is 1. The first-order chi connectivity index (χ1) is 9.85. The topological polar surface area (TPSA) is 53.2 Å². The third-order valence-corrected chi connectivity index (χ3v) is 3.41. The van der Waals surface area contributed by atoms with Crippen molar-refractivity contribution in [2.45, 2.75) is 19.9 Å². The number of hydrogen-bond donors (Lipinski definition) is 0. The van der Waals surface area contributed by atoms with E-state index in [0.29, 0.717) is 22.1 Å². The largest absolute Gasteiger partial charge is 0.438 e. The van der Waals surface area contributed by atoms with Gasteiger partial charge >= 0.3 is 5.69 Å². The maximum Gasteiger partial charge on any atom is 0.331 e. The van der Waals surface area contributed by atoms with Crippen LogP contribution in [0.5, 0.6) is 11.6 Å². The standard InChI is InChI=1S/C14H14Cl2N2O3/c1-8(2)18-13(12(7-19)17(3)14(18)20)21-11-5-9(15)4-10(16)6-11/h4-8H,1-3H3. The molecule has 0 radical (unpaired) electrons. The molecule has 0 spiro atoms. The number of aldehydes is 1. The van der Waals surface area contributed by atoms with E-state index in [2.05, 4.69) is 0 Å². The predicted octanol–water partition coefficient (Wildman–Crippen LogP) is 3.68. The van der Waals surface area contributed by atoms with Crippen LogP contribution in [0, 0.1) is 0 Å². The Bertz CT molecular complexity index is 727. The molecule has 0 saturated carbocycles. The van der Waals surface area contributed by atoms with Crippen LogP contribution in [0.4, 0.5) is 0 Å². The first-order valence-corrected chi connectivity index (χ1v) is 7.01. The lowest BCUT2D eigenvalue weighted by Crippen LogP contribution is -2.24. The molecule has 5 nitrogen and oxygen atoms in total. The minimum atomic E-state index is -0.324. The van der Waals surface area contributed by atoms with Gasteiger partial charge in [0.2, 0.25) is 5.88 Å². The molecule has 0 bridgehead atoms. The number of aromatic nitrogens is 2. The van der Waals surface area contributed by atoms with E-state index in [4.69, 9.17) is 27.9 Å². The molecule has 0 aliphatic carbocycles. The van der Waals surface area contributed by atoms with Crippen molar-refractivity contribution in [1.29, 1.82) is 0 Å². The summed E-state index contributed by atoms with van der Waals surface area (Å²) in [6.07, 6.45) is 0.585. The molecule has 0 amide bonds. The number of carbonyl (C=O) groups is 1. The van der Waals surface area contributed by atoms with Crippen molar-refractivity contribution in [3.05, 3.63) is 44.4 Å². The van der Waals surface area contributed by atoms with Gasteiger partial charge in [0.05, 0.1) is 0 Å². The van der Waals surface area contributed by atoms with Gasteiger partial charge in [0.1, 0.15) is 11.4 Å². The van der Waals surface area contributed by atoms with Crippen LogP contribution in [0.3, 0.4) is 0 Å². The molecule has 21 heavy (non-hydrogen) atoms. The van der Waals surface area contributed by atoms with Crippen LogP contribution in [0.15, 0.2) is 23.0 Å². The molecule has 1 aromatic carbocycles. The Morgan fingerprint density at radius 3 is 2.24 bits per heavy atom. The maximum absolute atomic E-state index is 12.2. The fraction of sp³-hybridized carbons (Fsp3) is 0.286. The van der Waals surface area contributed by atoms with E-state index in [9.17, 15) is 9.59 Å². The summed E-state index contributed by atoms with van der Waals surface area (Å²) < 4.78 is 8.34. The number of rotatable bonds is 4. The summed E-state index contributed by atoms with van der Waals surface area (Å²) in [7, 11) is 1.52. The first-order valence-electron chi connectivity index (χ1n) is 6.25. The Hall–Kier alpha value is -1.72. The zero-order valence-corrected chi connectivity index (χ0v) is 13.3. The van der Waals surface area contributed by atoms with Gasteiger partial charge in [-0.25, -0.2) is 4.79 Å². The van der Waals surface area contributed by atoms with Crippen LogP contribution >= 0.6 is 23.2 Å². The smallest absolute Gasteiger partial charge is 0.331 e. The zero-order valence-electron chi connectivity index (χ0n) is 11.8. The van der Waals surface area contributed by atoms with Crippen LogP contribution < -0.4 is 10.4 Å². The lowest BCUT2D eigenvalue weighted by molar-refractivity contribution is 0.111. The summed E-state index contributed by atoms with van der Waals surface area (Å²) >= 11 is 11.8. The van der Waals surface area contributed by atoms with Crippen LogP contribution in [0.1, 0.15) is 30.4 Å². The molecule has 2 aromatic rings. The van der Waals surface area contributed by atoms with Crippen molar-refractivity contribution in [2.75, 3.05) is 0 Å². The SMILES string of the molecule is CC(C)n1c(Oc2cc(Cl)cc(Cl)c2)c(C=O)n(C)c1=O. The van der Waals surface area contributed by atoms with E-state index < -0.39 is 0 Å². The highest BCUT2D eigenvalue weighted by molar-refractivity contribution is 6.34. The first kappa shape index (κ1) is 15.7. The molecule has 0 atom stereocenters. The van der Waals surface area contributed by atoms with Crippen molar-refractivity contribution in [3.63, 3.8) is 0 Å². The third kappa shape index (κ3) is 2.99. The van der Waals surface area contributed by atoms with Gasteiger partial charge in [-0.2, -0.15) is 0 Å². The van der Waals surface area contributed by atoms with E-state index in [0.717, 1.165) is 0 Å². The normalized spacial score (nSPS) is 11.0. The number of halogens is 2. The molecule has 112 valence electrons. The average molecular weight is 329 g/mol. The van der Waals surface area contributed by atoms with Crippen LogP contribution in [-0.2, 0) is 7.05 Å². The Morgan fingerprint density at radius 2 is 1.76 bits per heavy atom. The Morgan fingerprint density at radius 1 is 1.19 bits per heavy atom. The number of carbonyl (C=O) groups excluding carboxylic acids is 1. The second kappa shape index (κ2) is 5.95. The highest BCUT2D eigenvalue weighted by Crippen LogP contribution is 2.30. The van der Waals surface area contributed by atoms with Crippen molar-refractivity contribution in [3.8, 4) is 11.6 Å². The van der Waals surface area contributed by atoms with Gasteiger partial charge in [0.25, 0.3) is 0 Å². The van der Waals surface area contributed by atoms with Crippen molar-refractivity contribution in [2.24, 2.45) is 7.05 Å².